The summed E-state index contributed by atoms with van der Waals surface area (Å²) in [6.45, 7) is 6.03. The topological polar surface area (TPSA) is 81.4 Å². The summed E-state index contributed by atoms with van der Waals surface area (Å²) >= 11 is 0. The number of hydrogen-bond donors (Lipinski definition) is 1. The predicted octanol–water partition coefficient (Wildman–Crippen LogP) is 0.770. The van der Waals surface area contributed by atoms with E-state index in [1.54, 1.807) is 21.0 Å². The monoisotopic (exact) mass is 268 g/mol. The minimum atomic E-state index is -0.853. The van der Waals surface area contributed by atoms with E-state index in [2.05, 4.69) is 4.98 Å². The van der Waals surface area contributed by atoms with Gasteiger partial charge in [0.05, 0.1) is 19.1 Å². The molecular weight excluding hydrogens is 248 g/mol. The van der Waals surface area contributed by atoms with Crippen LogP contribution in [0.2, 0.25) is 0 Å². The van der Waals surface area contributed by atoms with Crippen molar-refractivity contribution < 1.29 is 14.6 Å². The number of aryl methyl sites for hydroxylation is 1. The number of rotatable bonds is 6. The van der Waals surface area contributed by atoms with Gasteiger partial charge in [-0.2, -0.15) is 4.98 Å². The van der Waals surface area contributed by atoms with Crippen LogP contribution in [0.3, 0.4) is 0 Å². The molecule has 1 heterocycles. The smallest absolute Gasteiger partial charge is 0.348 e. The minimum absolute atomic E-state index is 0.321. The van der Waals surface area contributed by atoms with Gasteiger partial charge in [-0.3, -0.25) is 9.36 Å². The lowest BCUT2D eigenvalue weighted by Gasteiger charge is -2.16. The highest BCUT2D eigenvalue weighted by atomic mass is 16.5. The van der Waals surface area contributed by atoms with Gasteiger partial charge in [-0.1, -0.05) is 6.92 Å². The summed E-state index contributed by atoms with van der Waals surface area (Å²) in [6.07, 6.45) is 0.368. The fourth-order valence-electron chi connectivity index (χ4n) is 1.97. The second-order valence-electron chi connectivity index (χ2n) is 4.63. The summed E-state index contributed by atoms with van der Waals surface area (Å²) in [4.78, 5) is 26.7. The third-order valence-electron chi connectivity index (χ3n) is 3.22. The molecule has 0 aliphatic heterocycles. The first-order chi connectivity index (χ1) is 8.88. The Morgan fingerprint density at radius 3 is 2.63 bits per heavy atom. The summed E-state index contributed by atoms with van der Waals surface area (Å²) in [7, 11) is 1.56. The van der Waals surface area contributed by atoms with Gasteiger partial charge in [0.15, 0.2) is 0 Å². The van der Waals surface area contributed by atoms with Crippen LogP contribution in [0.4, 0.5) is 0 Å². The van der Waals surface area contributed by atoms with Crippen LogP contribution in [0.25, 0.3) is 0 Å². The molecule has 0 aliphatic rings. The van der Waals surface area contributed by atoms with E-state index in [1.165, 1.54) is 4.57 Å². The second kappa shape index (κ2) is 6.47. The standard InChI is InChI=1S/C13H20N2O4/c1-8(12(16)17)7-11-9(2)14-13(18)15(10(11)3)5-6-19-4/h8H,5-7H2,1-4H3,(H,16,17). The molecular formula is C13H20N2O4. The van der Waals surface area contributed by atoms with Gasteiger partial charge < -0.3 is 9.84 Å². The first kappa shape index (κ1) is 15.4. The van der Waals surface area contributed by atoms with Crippen LogP contribution in [0.5, 0.6) is 0 Å². The lowest BCUT2D eigenvalue weighted by atomic mass is 9.99. The Hall–Kier alpha value is -1.69. The number of methoxy groups -OCH3 is 1. The Balaban J connectivity index is 3.17. The molecule has 1 aromatic rings. The minimum Gasteiger partial charge on any atom is -0.481 e. The maximum Gasteiger partial charge on any atom is 0.348 e. The summed E-state index contributed by atoms with van der Waals surface area (Å²) in [6, 6.07) is 0. The SMILES string of the molecule is COCCn1c(C)c(CC(C)C(=O)O)c(C)nc1=O. The van der Waals surface area contributed by atoms with Crippen LogP contribution in [0, 0.1) is 19.8 Å². The van der Waals surface area contributed by atoms with E-state index in [4.69, 9.17) is 9.84 Å². The molecule has 1 N–H and O–H groups in total. The molecule has 0 spiro atoms. The van der Waals surface area contributed by atoms with Gasteiger partial charge in [0.25, 0.3) is 0 Å². The molecule has 0 saturated heterocycles. The molecule has 1 unspecified atom stereocenters. The third-order valence-corrected chi connectivity index (χ3v) is 3.22. The van der Waals surface area contributed by atoms with Crippen LogP contribution in [0.1, 0.15) is 23.9 Å². The largest absolute Gasteiger partial charge is 0.481 e. The molecule has 0 aliphatic carbocycles. The number of carboxylic acid groups (broad SMARTS) is 1. The summed E-state index contributed by atoms with van der Waals surface area (Å²) < 4.78 is 6.49. The van der Waals surface area contributed by atoms with Gasteiger partial charge >= 0.3 is 11.7 Å². The molecule has 1 atom stereocenters. The Labute approximate surface area is 112 Å². The average Bonchev–Trinajstić information content (AvgIpc) is 2.33. The fraction of sp³-hybridized carbons (Fsp3) is 0.615. The molecule has 0 bridgehead atoms. The zero-order chi connectivity index (χ0) is 14.6. The van der Waals surface area contributed by atoms with Crippen molar-refractivity contribution in [3.05, 3.63) is 27.4 Å². The molecule has 106 valence electrons. The van der Waals surface area contributed by atoms with Gasteiger partial charge in [-0.25, -0.2) is 4.79 Å². The molecule has 0 radical (unpaired) electrons. The number of carboxylic acids is 1. The zero-order valence-corrected chi connectivity index (χ0v) is 11.8. The number of ether oxygens (including phenoxy) is 1. The highest BCUT2D eigenvalue weighted by Gasteiger charge is 2.17. The molecule has 19 heavy (non-hydrogen) atoms. The van der Waals surface area contributed by atoms with E-state index in [0.29, 0.717) is 25.3 Å². The fourth-order valence-corrected chi connectivity index (χ4v) is 1.97. The van der Waals surface area contributed by atoms with Gasteiger partial charge in [-0.15, -0.1) is 0 Å². The Morgan fingerprint density at radius 1 is 1.47 bits per heavy atom. The molecule has 0 amide bonds. The van der Waals surface area contributed by atoms with E-state index >= 15 is 0 Å². The Morgan fingerprint density at radius 2 is 2.11 bits per heavy atom. The van der Waals surface area contributed by atoms with E-state index in [9.17, 15) is 9.59 Å². The molecule has 6 nitrogen and oxygen atoms in total. The molecule has 0 fully saturated rings. The van der Waals surface area contributed by atoms with E-state index in [0.717, 1.165) is 11.3 Å². The van der Waals surface area contributed by atoms with Crippen molar-refractivity contribution in [2.24, 2.45) is 5.92 Å². The molecule has 1 aromatic heterocycles. The van der Waals surface area contributed by atoms with Crippen LogP contribution in [0.15, 0.2) is 4.79 Å². The lowest BCUT2D eigenvalue weighted by molar-refractivity contribution is -0.141. The van der Waals surface area contributed by atoms with Crippen LogP contribution < -0.4 is 5.69 Å². The van der Waals surface area contributed by atoms with Crippen LogP contribution >= 0.6 is 0 Å². The lowest BCUT2D eigenvalue weighted by Crippen LogP contribution is -2.30. The molecule has 0 aromatic carbocycles. The van der Waals surface area contributed by atoms with Gasteiger partial charge in [-0.05, 0) is 25.8 Å². The van der Waals surface area contributed by atoms with Crippen molar-refractivity contribution in [1.82, 2.24) is 9.55 Å². The maximum absolute atomic E-state index is 11.8. The summed E-state index contributed by atoms with van der Waals surface area (Å²) in [5.41, 5.74) is 1.87. The quantitative estimate of drug-likeness (QED) is 0.824. The highest BCUT2D eigenvalue weighted by molar-refractivity contribution is 5.70. The number of aromatic nitrogens is 2. The Kier molecular flexibility index (Phi) is 5.23. The maximum atomic E-state index is 11.8. The predicted molar refractivity (Wildman–Crippen MR) is 70.4 cm³/mol. The average molecular weight is 268 g/mol. The van der Waals surface area contributed by atoms with Crippen molar-refractivity contribution in [1.29, 1.82) is 0 Å². The molecule has 1 rings (SSSR count). The first-order valence-corrected chi connectivity index (χ1v) is 6.17. The van der Waals surface area contributed by atoms with Crippen LogP contribution in [-0.2, 0) is 22.5 Å². The number of carbonyl (C=O) groups is 1. The number of hydrogen-bond acceptors (Lipinski definition) is 4. The van der Waals surface area contributed by atoms with Crippen molar-refractivity contribution in [2.45, 2.75) is 33.7 Å². The van der Waals surface area contributed by atoms with Gasteiger partial charge in [0.1, 0.15) is 0 Å². The van der Waals surface area contributed by atoms with E-state index in [1.807, 2.05) is 6.92 Å². The normalized spacial score (nSPS) is 12.4. The van der Waals surface area contributed by atoms with Crippen molar-refractivity contribution >= 4 is 5.97 Å². The van der Waals surface area contributed by atoms with E-state index in [-0.39, 0.29) is 5.69 Å². The van der Waals surface area contributed by atoms with Crippen LogP contribution in [-0.4, -0.2) is 34.3 Å². The van der Waals surface area contributed by atoms with Gasteiger partial charge in [0.2, 0.25) is 0 Å². The van der Waals surface area contributed by atoms with Gasteiger partial charge in [0, 0.05) is 18.5 Å². The number of aliphatic carboxylic acids is 1. The summed E-state index contributed by atoms with van der Waals surface area (Å²) in [5, 5.41) is 8.98. The second-order valence-corrected chi connectivity index (χ2v) is 4.63. The Bertz CT molecular complexity index is 522. The molecule has 6 heteroatoms. The zero-order valence-electron chi connectivity index (χ0n) is 11.8. The van der Waals surface area contributed by atoms with Crippen molar-refractivity contribution in [3.63, 3.8) is 0 Å². The molecule has 0 saturated carbocycles. The van der Waals surface area contributed by atoms with E-state index < -0.39 is 11.9 Å². The third kappa shape index (κ3) is 3.64. The van der Waals surface area contributed by atoms with Crippen molar-refractivity contribution in [3.8, 4) is 0 Å². The highest BCUT2D eigenvalue weighted by Crippen LogP contribution is 2.15. The summed E-state index contributed by atoms with van der Waals surface area (Å²) in [5.74, 6) is -1.36. The number of nitrogens with zero attached hydrogens (tertiary/aromatic N) is 2. The first-order valence-electron chi connectivity index (χ1n) is 6.17. The van der Waals surface area contributed by atoms with Crippen molar-refractivity contribution in [2.75, 3.05) is 13.7 Å².